The number of benzene rings is 8. The van der Waals surface area contributed by atoms with Crippen molar-refractivity contribution >= 4 is 58.6 Å². The lowest BCUT2D eigenvalue weighted by Gasteiger charge is -2.38. The second kappa shape index (κ2) is 39.0. The number of methoxy groups -OCH3 is 5. The molecule has 4 unspecified atom stereocenters. The highest BCUT2D eigenvalue weighted by atomic mass is 19.2. The zero-order valence-electron chi connectivity index (χ0n) is 75.6. The van der Waals surface area contributed by atoms with Crippen molar-refractivity contribution in [3.8, 4) is 45.7 Å². The number of nitrogens with two attached hydrogens (primary N) is 1. The van der Waals surface area contributed by atoms with E-state index in [0.717, 1.165) is 124 Å². The van der Waals surface area contributed by atoms with Crippen LogP contribution in [0.1, 0.15) is 67.3 Å². The van der Waals surface area contributed by atoms with Gasteiger partial charge in [-0.25, -0.2) is 59.9 Å². The van der Waals surface area contributed by atoms with Gasteiger partial charge in [-0.15, -0.1) is 0 Å². The number of hydrogen-bond donors (Lipinski definition) is 3. The molecule has 8 aromatic carbocycles. The molecule has 12 aromatic rings. The van der Waals surface area contributed by atoms with Crippen molar-refractivity contribution in [3.63, 3.8) is 0 Å². The normalized spacial score (nSPS) is 19.5. The van der Waals surface area contributed by atoms with Crippen molar-refractivity contribution in [2.24, 2.45) is 26.4 Å². The molecule has 4 N–H and O–H groups in total. The largest absolute Gasteiger partial charge is 0.495 e. The summed E-state index contributed by atoms with van der Waals surface area (Å²) < 4.78 is 170. The molecule has 0 spiro atoms. The van der Waals surface area contributed by atoms with Gasteiger partial charge in [0.15, 0.2) is 23.3 Å². The van der Waals surface area contributed by atoms with E-state index in [2.05, 4.69) is 40.6 Å². The summed E-state index contributed by atoms with van der Waals surface area (Å²) in [5.74, 6) is -3.13. The molecular weight excluding hydrogens is 1830 g/mol. The number of nitrogens with zero attached hydrogens (tertiary/aromatic N) is 16. The van der Waals surface area contributed by atoms with Gasteiger partial charge in [0.1, 0.15) is 126 Å². The number of fused-ring (bicyclic) bond motifs is 4. The summed E-state index contributed by atoms with van der Waals surface area (Å²) in [4.78, 5) is 70.9. The number of rotatable bonds is 20. The van der Waals surface area contributed by atoms with E-state index in [9.17, 15) is 54.9 Å². The number of oxime groups is 4. The third kappa shape index (κ3) is 18.3. The molecule has 1 fully saturated rings. The van der Waals surface area contributed by atoms with Crippen molar-refractivity contribution in [2.45, 2.75) is 50.6 Å². The zero-order chi connectivity index (χ0) is 97.9. The van der Waals surface area contributed by atoms with E-state index in [0.29, 0.717) is 87.5 Å². The standard InChI is InChI=1S/C25H22F2N4O5.C24H21F2N5O4.2C24H22F2N4O4/c1-15-13-30(14-28-15)20-5-4-16(8-22(20)33-2)21-12-23-29-36-25(24(32)34-3,31(23)6-7-35-21)17-9-18(26)11-19(27)10-17;1-14-12-30(13-28-14)19-4-3-15(7-21(19)33-2)20-11-22-29-35-24(23(27)32,31(22)5-6-34-20)16-8-17(25)10-18(26)9-16;1-15-12-29(14-27-15)20-4-3-16(7-22(20)32-2)21-11-23-28-34-24(13-31,30(23)5-6-33-21)17-8-18(25)10-19(26)9-17;1-15-12-29(14-27-15)20-4-3-16(7-21(20)32-2)8-22-23-28-34-24(13-31,30(23)5-6-33-22)17-9-18(25)11-19(26)10-17/h4-5,8-14H,6-7H2,1-3H3;3-4,7-13H,5-6H2,1-2H3,(H2,27,32);2*3-4,7-12,14,31H,5-6,13H2,1-2H3/b;;;22-8-. The lowest BCUT2D eigenvalue weighted by molar-refractivity contribution is -0.186. The third-order valence-electron chi connectivity index (χ3n) is 23.3. The van der Waals surface area contributed by atoms with Crippen LogP contribution in [0.3, 0.4) is 0 Å². The minimum absolute atomic E-state index is 0.0934. The van der Waals surface area contributed by atoms with E-state index in [1.54, 1.807) is 100.0 Å². The van der Waals surface area contributed by atoms with E-state index >= 15 is 0 Å². The van der Waals surface area contributed by atoms with Crippen LogP contribution in [0.15, 0.2) is 240 Å². The van der Waals surface area contributed by atoms with E-state index < -0.39 is 94.5 Å². The minimum Gasteiger partial charge on any atom is -0.495 e. The summed E-state index contributed by atoms with van der Waals surface area (Å²) in [6.07, 6.45) is 20.9. The monoisotopic (exact) mass is 1910 g/mol. The molecule has 34 nitrogen and oxygen atoms in total. The first-order chi connectivity index (χ1) is 67.0. The number of amides is 1. The number of aromatic nitrogens is 8. The lowest BCUT2D eigenvalue weighted by atomic mass is 9.99. The fraction of sp³-hybridized carbons (Fsp3) is 0.237. The van der Waals surface area contributed by atoms with Gasteiger partial charge in [-0.3, -0.25) is 14.6 Å². The molecule has 1 saturated heterocycles. The number of amidine groups is 4. The van der Waals surface area contributed by atoms with Gasteiger partial charge in [0, 0.05) is 106 Å². The first-order valence-corrected chi connectivity index (χ1v) is 42.8. The smallest absolute Gasteiger partial charge is 0.380 e. The first-order valence-electron chi connectivity index (χ1n) is 42.8. The second-order valence-electron chi connectivity index (χ2n) is 32.1. The topological polar surface area (TPSA) is 354 Å². The lowest BCUT2D eigenvalue weighted by Crippen LogP contribution is -2.55. The molecule has 0 aliphatic carbocycles. The van der Waals surface area contributed by atoms with Gasteiger partial charge in [0.25, 0.3) is 17.4 Å². The Morgan fingerprint density at radius 1 is 0.388 bits per heavy atom. The van der Waals surface area contributed by atoms with Gasteiger partial charge < -0.3 is 106 Å². The molecule has 0 radical (unpaired) electrons. The van der Waals surface area contributed by atoms with Crippen molar-refractivity contribution in [2.75, 3.05) is 101 Å². The maximum Gasteiger partial charge on any atom is 0.380 e. The fourth-order valence-electron chi connectivity index (χ4n) is 16.8. The number of ether oxygens (including phenoxy) is 9. The second-order valence-corrected chi connectivity index (χ2v) is 32.1. The molecule has 718 valence electrons. The third-order valence-corrected chi connectivity index (χ3v) is 23.3. The van der Waals surface area contributed by atoms with E-state index in [1.165, 1.54) is 9.80 Å². The Kier molecular flexibility index (Phi) is 26.4. The van der Waals surface area contributed by atoms with Gasteiger partial charge in [-0.2, -0.15) is 0 Å². The number of morpholine rings is 1. The number of aliphatic hydroxyl groups excluding tert-OH is 2. The Hall–Kier alpha value is -16.7. The summed E-state index contributed by atoms with van der Waals surface area (Å²) in [6, 6.07) is 33.7. The minimum atomic E-state index is -2.02. The van der Waals surface area contributed by atoms with E-state index in [-0.39, 0.29) is 80.0 Å². The Morgan fingerprint density at radius 2 is 0.705 bits per heavy atom. The van der Waals surface area contributed by atoms with Gasteiger partial charge in [0.2, 0.25) is 5.84 Å². The molecule has 139 heavy (non-hydrogen) atoms. The predicted octanol–water partition coefficient (Wildman–Crippen LogP) is 13.0. The van der Waals surface area contributed by atoms with E-state index in [4.69, 9.17) is 67.7 Å². The van der Waals surface area contributed by atoms with Crippen molar-refractivity contribution in [1.29, 1.82) is 0 Å². The van der Waals surface area contributed by atoms with Gasteiger partial charge in [-0.05, 0) is 155 Å². The molecule has 20 rings (SSSR count). The van der Waals surface area contributed by atoms with Gasteiger partial charge in [-0.1, -0.05) is 26.7 Å². The molecule has 0 bridgehead atoms. The van der Waals surface area contributed by atoms with Crippen LogP contribution in [-0.2, 0) is 75.5 Å². The van der Waals surface area contributed by atoms with Crippen LogP contribution in [0.25, 0.3) is 46.1 Å². The number of esters is 1. The van der Waals surface area contributed by atoms with Crippen LogP contribution in [0.2, 0.25) is 0 Å². The van der Waals surface area contributed by atoms with Crippen molar-refractivity contribution in [1.82, 2.24) is 57.8 Å². The van der Waals surface area contributed by atoms with Crippen LogP contribution < -0.4 is 24.7 Å². The summed E-state index contributed by atoms with van der Waals surface area (Å²) in [5, 5.41) is 36.7. The number of aryl methyl sites for hydroxylation is 4. The molecule has 1 amide bonds. The zero-order valence-corrected chi connectivity index (χ0v) is 75.6. The van der Waals surface area contributed by atoms with E-state index in [1.807, 2.05) is 131 Å². The average Bonchev–Trinajstić information content (AvgIpc) is 1.61. The van der Waals surface area contributed by atoms with Crippen LogP contribution in [0.4, 0.5) is 35.1 Å². The van der Waals surface area contributed by atoms with Crippen LogP contribution >= 0.6 is 0 Å². The number of halogens is 8. The van der Waals surface area contributed by atoms with Gasteiger partial charge >= 0.3 is 17.4 Å². The number of carbonyl (C=O) groups is 2. The summed E-state index contributed by atoms with van der Waals surface area (Å²) >= 11 is 0. The molecule has 8 aliphatic heterocycles. The van der Waals surface area contributed by atoms with Crippen molar-refractivity contribution < 1.29 is 117 Å². The molecule has 4 atom stereocenters. The van der Waals surface area contributed by atoms with Crippen molar-refractivity contribution in [3.05, 3.63) is 333 Å². The molecule has 8 aliphatic rings. The number of primary amides is 1. The fourth-order valence-corrected chi connectivity index (χ4v) is 16.8. The van der Waals surface area contributed by atoms with Crippen LogP contribution in [-0.4, -0.2) is 205 Å². The Labute approximate surface area is 787 Å². The highest BCUT2D eigenvalue weighted by Gasteiger charge is 2.58. The maximum atomic E-state index is 14.1. The summed E-state index contributed by atoms with van der Waals surface area (Å²) in [6.45, 7) is 7.98. The quantitative estimate of drug-likeness (QED) is 0.0471. The Balaban J connectivity index is 0.000000128. The number of imidazole rings is 4. The molecular formula is C97H87F8N17O17. The van der Waals surface area contributed by atoms with Crippen LogP contribution in [0.5, 0.6) is 23.0 Å². The highest BCUT2D eigenvalue weighted by molar-refractivity contribution is 6.05. The summed E-state index contributed by atoms with van der Waals surface area (Å²) in [5.41, 5.74) is 8.14. The maximum absolute atomic E-state index is 14.1. The summed E-state index contributed by atoms with van der Waals surface area (Å²) in [7, 11) is 7.45. The Morgan fingerprint density at radius 3 is 1.07 bits per heavy atom. The SMILES string of the molecule is COC(=O)C1(c2cc(F)cc(F)c2)ON=C2C=C(c3ccc(-n4cnc(C)c4)c(OC)c3)OCCN21.COc1cc(/C=C2\OCCN3C2=NOC3(CO)c2cc(F)cc(F)c2)ccc1-n1cnc(C)c1.COc1cc(C2=CC3=NOC(C(N)=O)(c4cc(F)cc(F)c4)N3CCO2)ccc1-n1cnc(C)c1.COc1cc(C2=CC3=NOC(CO)(c4cc(F)cc(F)c4)N3CCO2)ccc1-n1cnc(C)c1. The average molecular weight is 1910 g/mol. The van der Waals surface area contributed by atoms with Gasteiger partial charge in [0.05, 0.1) is 133 Å². The van der Waals surface area contributed by atoms with Crippen LogP contribution in [0, 0.1) is 74.2 Å². The molecule has 12 heterocycles. The molecule has 0 saturated carbocycles. The Bertz CT molecular complexity index is 6900. The first kappa shape index (κ1) is 94.1. The molecule has 42 heteroatoms. The molecule has 4 aromatic heterocycles. The number of hydrogen-bond acceptors (Lipinski definition) is 29. The number of aliphatic hydroxyl groups is 2. The highest BCUT2D eigenvalue weighted by Crippen LogP contribution is 2.46. The number of carbonyl (C=O) groups excluding carboxylic acids is 2. The predicted molar refractivity (Wildman–Crippen MR) is 484 cm³/mol.